The molecule has 0 fully saturated rings. The molecule has 0 bridgehead atoms. The first-order valence-electron chi connectivity index (χ1n) is 7.65. The lowest BCUT2D eigenvalue weighted by atomic mass is 9.94. The van der Waals surface area contributed by atoms with Crippen LogP contribution in [0.15, 0.2) is 72.8 Å². The molecule has 2 nitrogen and oxygen atoms in total. The number of hydrogen-bond acceptors (Lipinski definition) is 0. The van der Waals surface area contributed by atoms with Crippen LogP contribution in [-0.4, -0.2) is 10.5 Å². The van der Waals surface area contributed by atoms with Crippen molar-refractivity contribution in [1.29, 1.82) is 0 Å². The predicted molar refractivity (Wildman–Crippen MR) is 93.7 cm³/mol. The highest BCUT2D eigenvalue weighted by Crippen LogP contribution is 2.44. The van der Waals surface area contributed by atoms with E-state index >= 15 is 0 Å². The highest BCUT2D eigenvalue weighted by atomic mass is 14.9. The third kappa shape index (κ3) is 1.53. The summed E-state index contributed by atoms with van der Waals surface area (Å²) >= 11 is 0. The van der Waals surface area contributed by atoms with Crippen LogP contribution in [0.4, 0.5) is 0 Å². The number of fused-ring (bicyclic) bond motifs is 7. The molecule has 23 heavy (non-hydrogen) atoms. The largest absolute Gasteiger partial charge is 0.361 e. The molecular weight excluding hydrogens is 280 g/mol. The van der Waals surface area contributed by atoms with Crippen molar-refractivity contribution in [2.24, 2.45) is 0 Å². The Hall–Kier alpha value is -3.22. The molecule has 106 valence electrons. The van der Waals surface area contributed by atoms with E-state index in [0.717, 1.165) is 11.1 Å². The van der Waals surface area contributed by atoms with Crippen LogP contribution in [0.3, 0.4) is 0 Å². The molecule has 1 aliphatic rings. The van der Waals surface area contributed by atoms with E-state index in [-0.39, 0.29) is 0 Å². The summed E-state index contributed by atoms with van der Waals surface area (Å²) in [6.07, 6.45) is 0. The average Bonchev–Trinajstić information content (AvgIpc) is 2.96. The van der Waals surface area contributed by atoms with Gasteiger partial charge in [-0.2, -0.15) is 4.79 Å². The molecule has 5 rings (SSSR count). The molecule has 0 atom stereocenters. The lowest BCUT2D eigenvalue weighted by molar-refractivity contribution is -0.00242. The number of hydrogen-bond donors (Lipinski definition) is 0. The van der Waals surface area contributed by atoms with Gasteiger partial charge in [0, 0.05) is 11.1 Å². The van der Waals surface area contributed by atoms with Crippen molar-refractivity contribution in [3.05, 3.63) is 89.5 Å². The molecule has 0 aromatic heterocycles. The molecule has 0 heterocycles. The topological polar surface area (TPSA) is 36.4 Å². The second-order valence-corrected chi connectivity index (χ2v) is 5.87. The molecule has 0 saturated carbocycles. The van der Waals surface area contributed by atoms with E-state index in [1.54, 1.807) is 0 Å². The first-order valence-corrected chi connectivity index (χ1v) is 7.65. The molecule has 4 aromatic carbocycles. The minimum absolute atomic E-state index is 0.659. The quantitative estimate of drug-likeness (QED) is 0.283. The van der Waals surface area contributed by atoms with Gasteiger partial charge >= 0.3 is 5.71 Å². The monoisotopic (exact) mass is 292 g/mol. The van der Waals surface area contributed by atoms with E-state index in [1.807, 2.05) is 0 Å². The summed E-state index contributed by atoms with van der Waals surface area (Å²) in [6, 6.07) is 25.0. The van der Waals surface area contributed by atoms with Gasteiger partial charge < -0.3 is 5.53 Å². The minimum atomic E-state index is 0.659. The molecule has 0 amide bonds. The second kappa shape index (κ2) is 4.39. The van der Waals surface area contributed by atoms with Gasteiger partial charge in [-0.3, -0.25) is 0 Å². The van der Waals surface area contributed by atoms with Gasteiger partial charge in [0.2, 0.25) is 0 Å². The van der Waals surface area contributed by atoms with Crippen LogP contribution in [0.2, 0.25) is 0 Å². The van der Waals surface area contributed by atoms with E-state index in [0.29, 0.717) is 5.71 Å². The maximum Gasteiger partial charge on any atom is 0.330 e. The number of nitrogens with zero attached hydrogens (tertiary/aromatic N) is 2. The van der Waals surface area contributed by atoms with Crippen LogP contribution in [0.5, 0.6) is 0 Å². The van der Waals surface area contributed by atoms with E-state index in [4.69, 9.17) is 0 Å². The fourth-order valence-electron chi connectivity index (χ4n) is 3.73. The Morgan fingerprint density at radius 1 is 0.565 bits per heavy atom. The summed E-state index contributed by atoms with van der Waals surface area (Å²) in [7, 11) is 0. The number of rotatable bonds is 0. The van der Waals surface area contributed by atoms with Crippen molar-refractivity contribution >= 4 is 27.3 Å². The molecule has 1 aliphatic carbocycles. The zero-order valence-electron chi connectivity index (χ0n) is 12.3. The summed E-state index contributed by atoms with van der Waals surface area (Å²) in [5.74, 6) is 0. The molecule has 0 aliphatic heterocycles. The highest BCUT2D eigenvalue weighted by Gasteiger charge is 2.33. The van der Waals surface area contributed by atoms with Crippen LogP contribution in [0.25, 0.3) is 38.2 Å². The third-order valence-corrected chi connectivity index (χ3v) is 4.72. The Labute approximate surface area is 133 Å². The van der Waals surface area contributed by atoms with Gasteiger partial charge in [0.25, 0.3) is 0 Å². The zero-order valence-corrected chi connectivity index (χ0v) is 12.3. The third-order valence-electron chi connectivity index (χ3n) is 4.72. The van der Waals surface area contributed by atoms with E-state index in [9.17, 15) is 5.53 Å². The molecule has 0 N–H and O–H groups in total. The maximum atomic E-state index is 9.59. The average molecular weight is 292 g/mol. The first-order chi connectivity index (χ1) is 11.4. The van der Waals surface area contributed by atoms with E-state index in [1.165, 1.54) is 32.7 Å². The van der Waals surface area contributed by atoms with Crippen LogP contribution >= 0.6 is 0 Å². The molecule has 0 spiro atoms. The Morgan fingerprint density at radius 3 is 1.52 bits per heavy atom. The lowest BCUT2D eigenvalue weighted by Crippen LogP contribution is -1.98. The van der Waals surface area contributed by atoms with Gasteiger partial charge in [-0.25, -0.2) is 0 Å². The Bertz CT molecular complexity index is 1080. The molecular formula is C21H12N2. The van der Waals surface area contributed by atoms with Crippen molar-refractivity contribution in [3.8, 4) is 11.1 Å². The normalized spacial score (nSPS) is 12.3. The summed E-state index contributed by atoms with van der Waals surface area (Å²) in [6.45, 7) is 0. The number of benzene rings is 4. The van der Waals surface area contributed by atoms with Crippen molar-refractivity contribution in [3.63, 3.8) is 0 Å². The van der Waals surface area contributed by atoms with Crippen LogP contribution < -0.4 is 0 Å². The Kier molecular flexibility index (Phi) is 2.35. The SMILES string of the molecule is [N-]=[N+]=C1c2ccc3ccccc3c2-c2c1ccc1ccccc21. The van der Waals surface area contributed by atoms with Crippen molar-refractivity contribution in [2.45, 2.75) is 0 Å². The van der Waals surface area contributed by atoms with Gasteiger partial charge in [0.1, 0.15) is 0 Å². The highest BCUT2D eigenvalue weighted by molar-refractivity contribution is 6.29. The zero-order chi connectivity index (χ0) is 15.4. The molecule has 2 heteroatoms. The predicted octanol–water partition coefficient (Wildman–Crippen LogP) is 5.04. The standard InChI is InChI=1S/C21H12N2/c22-23-21-17-11-9-13-5-1-3-7-15(13)19(17)20-16-8-4-2-6-14(16)10-12-18(20)21/h1-12H. The van der Waals surface area contributed by atoms with Crippen molar-refractivity contribution in [1.82, 2.24) is 0 Å². The fraction of sp³-hybridized carbons (Fsp3) is 0. The maximum absolute atomic E-state index is 9.59. The molecule has 4 aromatic rings. The summed E-state index contributed by atoms with van der Waals surface area (Å²) in [5, 5.41) is 4.79. The molecule has 0 saturated heterocycles. The van der Waals surface area contributed by atoms with Gasteiger partial charge in [0.15, 0.2) is 0 Å². The molecule has 0 radical (unpaired) electrons. The minimum Gasteiger partial charge on any atom is -0.361 e. The first kappa shape index (κ1) is 12.3. The smallest absolute Gasteiger partial charge is 0.330 e. The van der Waals surface area contributed by atoms with Crippen molar-refractivity contribution < 1.29 is 4.79 Å². The Balaban J connectivity index is 2.08. The second-order valence-electron chi connectivity index (χ2n) is 5.87. The van der Waals surface area contributed by atoms with Gasteiger partial charge in [-0.15, -0.1) is 0 Å². The summed E-state index contributed by atoms with van der Waals surface area (Å²) in [4.78, 5) is 3.60. The van der Waals surface area contributed by atoms with Crippen LogP contribution in [0, 0.1) is 0 Å². The summed E-state index contributed by atoms with van der Waals surface area (Å²) < 4.78 is 0. The van der Waals surface area contributed by atoms with Gasteiger partial charge in [-0.05, 0) is 33.7 Å². The Morgan fingerprint density at radius 2 is 1.04 bits per heavy atom. The van der Waals surface area contributed by atoms with Gasteiger partial charge in [0.05, 0.1) is 11.1 Å². The van der Waals surface area contributed by atoms with Gasteiger partial charge in [-0.1, -0.05) is 60.7 Å². The van der Waals surface area contributed by atoms with E-state index < -0.39 is 0 Å². The van der Waals surface area contributed by atoms with Crippen molar-refractivity contribution in [2.75, 3.05) is 0 Å². The van der Waals surface area contributed by atoms with E-state index in [2.05, 4.69) is 77.6 Å². The summed E-state index contributed by atoms with van der Waals surface area (Å²) in [5.41, 5.74) is 14.6. The van der Waals surface area contributed by atoms with Crippen LogP contribution in [-0.2, 0) is 0 Å². The van der Waals surface area contributed by atoms with Crippen LogP contribution in [0.1, 0.15) is 11.1 Å². The molecule has 0 unspecified atom stereocenters. The fourth-order valence-corrected chi connectivity index (χ4v) is 3.73. The lowest BCUT2D eigenvalue weighted by Gasteiger charge is -2.08.